The number of para-hydroxylation sites is 2. The van der Waals surface area contributed by atoms with Gasteiger partial charge in [-0.1, -0.05) is 24.3 Å². The van der Waals surface area contributed by atoms with E-state index >= 15 is 0 Å². The zero-order valence-corrected chi connectivity index (χ0v) is 14.8. The van der Waals surface area contributed by atoms with Crippen LogP contribution in [0.4, 0.5) is 11.4 Å². The first-order chi connectivity index (χ1) is 12.9. The first kappa shape index (κ1) is 18.4. The topological polar surface area (TPSA) is 95.9 Å². The Bertz CT molecular complexity index is 880. The van der Waals surface area contributed by atoms with Crippen LogP contribution >= 0.6 is 0 Å². The molecule has 0 bridgehead atoms. The van der Waals surface area contributed by atoms with E-state index in [4.69, 9.17) is 9.84 Å². The monoisotopic (exact) mass is 368 g/mol. The van der Waals surface area contributed by atoms with E-state index in [1.807, 2.05) is 12.1 Å². The van der Waals surface area contributed by atoms with Gasteiger partial charge in [0.25, 0.3) is 5.91 Å². The van der Waals surface area contributed by atoms with E-state index in [9.17, 15) is 14.4 Å². The van der Waals surface area contributed by atoms with Crippen LogP contribution in [0.5, 0.6) is 5.75 Å². The van der Waals surface area contributed by atoms with Gasteiger partial charge in [0.2, 0.25) is 5.91 Å². The van der Waals surface area contributed by atoms with Gasteiger partial charge in [0, 0.05) is 18.7 Å². The van der Waals surface area contributed by atoms with Gasteiger partial charge in [-0.25, -0.2) is 0 Å². The van der Waals surface area contributed by atoms with Crippen molar-refractivity contribution in [3.8, 4) is 5.75 Å². The van der Waals surface area contributed by atoms with Gasteiger partial charge in [-0.05, 0) is 36.8 Å². The van der Waals surface area contributed by atoms with Crippen molar-refractivity contribution in [3.05, 3.63) is 54.1 Å². The summed E-state index contributed by atoms with van der Waals surface area (Å²) in [5.41, 5.74) is 1.78. The fourth-order valence-electron chi connectivity index (χ4n) is 2.96. The molecule has 0 saturated heterocycles. The van der Waals surface area contributed by atoms with Crippen molar-refractivity contribution in [2.45, 2.75) is 25.9 Å². The Hall–Kier alpha value is -3.35. The second kappa shape index (κ2) is 7.90. The van der Waals surface area contributed by atoms with Crippen molar-refractivity contribution < 1.29 is 24.2 Å². The second-order valence-electron chi connectivity index (χ2n) is 6.29. The smallest absolute Gasteiger partial charge is 0.307 e. The molecule has 0 radical (unpaired) electrons. The summed E-state index contributed by atoms with van der Waals surface area (Å²) in [7, 11) is 0. The Morgan fingerprint density at radius 2 is 1.96 bits per heavy atom. The summed E-state index contributed by atoms with van der Waals surface area (Å²) in [6.45, 7) is 1.91. The van der Waals surface area contributed by atoms with E-state index < -0.39 is 12.1 Å². The van der Waals surface area contributed by atoms with Gasteiger partial charge in [0.05, 0.1) is 12.1 Å². The summed E-state index contributed by atoms with van der Waals surface area (Å²) in [6, 6.07) is 13.9. The van der Waals surface area contributed by atoms with E-state index in [-0.39, 0.29) is 31.2 Å². The third kappa shape index (κ3) is 4.44. The number of benzene rings is 2. The largest absolute Gasteiger partial charge is 0.481 e. The Kier molecular flexibility index (Phi) is 5.40. The molecular formula is C20H20N2O5. The number of rotatable bonds is 6. The SMILES string of the molecule is CC1Oc2ccccc2N(CCC(=O)Nc2cccc(CC(=O)O)c2)C1=O. The lowest BCUT2D eigenvalue weighted by Gasteiger charge is -2.32. The molecule has 1 heterocycles. The van der Waals surface area contributed by atoms with Crippen LogP contribution < -0.4 is 15.0 Å². The van der Waals surface area contributed by atoms with Crippen LogP contribution in [-0.2, 0) is 20.8 Å². The lowest BCUT2D eigenvalue weighted by Crippen LogP contribution is -2.45. The second-order valence-corrected chi connectivity index (χ2v) is 6.29. The van der Waals surface area contributed by atoms with Crippen LogP contribution in [0.3, 0.4) is 0 Å². The lowest BCUT2D eigenvalue weighted by atomic mass is 10.1. The maximum atomic E-state index is 12.4. The van der Waals surface area contributed by atoms with Crippen LogP contribution in [0.2, 0.25) is 0 Å². The molecule has 1 aliphatic rings. The molecule has 7 heteroatoms. The standard InChI is InChI=1S/C20H20N2O5/c1-13-20(26)22(16-7-2-3-8-17(16)27-13)10-9-18(23)21-15-6-4-5-14(11-15)12-19(24)25/h2-8,11,13H,9-10,12H2,1H3,(H,21,23)(H,24,25). The van der Waals surface area contributed by atoms with Crippen molar-refractivity contribution in [3.63, 3.8) is 0 Å². The number of carboxylic acid groups (broad SMARTS) is 1. The number of nitrogens with one attached hydrogen (secondary N) is 1. The van der Waals surface area contributed by atoms with Crippen LogP contribution in [0.25, 0.3) is 0 Å². The van der Waals surface area contributed by atoms with Gasteiger partial charge < -0.3 is 20.1 Å². The number of fused-ring (bicyclic) bond motifs is 1. The van der Waals surface area contributed by atoms with E-state index in [0.717, 1.165) is 0 Å². The number of anilines is 2. The number of carbonyl (C=O) groups excluding carboxylic acids is 2. The normalized spacial score (nSPS) is 15.7. The third-order valence-electron chi connectivity index (χ3n) is 4.20. The molecule has 1 aliphatic heterocycles. The average molecular weight is 368 g/mol. The fourth-order valence-corrected chi connectivity index (χ4v) is 2.96. The highest BCUT2D eigenvalue weighted by Gasteiger charge is 2.31. The van der Waals surface area contributed by atoms with Gasteiger partial charge >= 0.3 is 5.97 Å². The first-order valence-corrected chi connectivity index (χ1v) is 8.61. The summed E-state index contributed by atoms with van der Waals surface area (Å²) in [5.74, 6) is -0.764. The van der Waals surface area contributed by atoms with Gasteiger partial charge in [-0.3, -0.25) is 14.4 Å². The predicted molar refractivity (Wildman–Crippen MR) is 99.9 cm³/mol. The zero-order valence-electron chi connectivity index (χ0n) is 14.8. The number of hydrogen-bond donors (Lipinski definition) is 2. The summed E-state index contributed by atoms with van der Waals surface area (Å²) in [6.07, 6.45) is -0.605. The highest BCUT2D eigenvalue weighted by molar-refractivity contribution is 6.00. The minimum Gasteiger partial charge on any atom is -0.481 e. The molecule has 2 amide bonds. The van der Waals surface area contributed by atoms with Gasteiger partial charge in [0.15, 0.2) is 6.10 Å². The fraction of sp³-hybridized carbons (Fsp3) is 0.250. The van der Waals surface area contributed by atoms with E-state index in [1.165, 1.54) is 0 Å². The molecule has 2 aromatic rings. The molecule has 1 atom stereocenters. The van der Waals surface area contributed by atoms with Gasteiger partial charge in [-0.15, -0.1) is 0 Å². The number of carbonyl (C=O) groups is 3. The van der Waals surface area contributed by atoms with Crippen LogP contribution in [-0.4, -0.2) is 35.5 Å². The Balaban J connectivity index is 1.64. The summed E-state index contributed by atoms with van der Waals surface area (Å²) in [5, 5.41) is 11.6. The number of hydrogen-bond acceptors (Lipinski definition) is 4. The van der Waals surface area contributed by atoms with Crippen molar-refractivity contribution in [1.82, 2.24) is 0 Å². The van der Waals surface area contributed by atoms with E-state index in [0.29, 0.717) is 22.7 Å². The number of nitrogens with zero attached hydrogens (tertiary/aromatic N) is 1. The molecule has 2 aromatic carbocycles. The van der Waals surface area contributed by atoms with Crippen LogP contribution in [0.15, 0.2) is 48.5 Å². The van der Waals surface area contributed by atoms with Gasteiger partial charge in [-0.2, -0.15) is 0 Å². The average Bonchev–Trinajstić information content (AvgIpc) is 2.62. The lowest BCUT2D eigenvalue weighted by molar-refractivity contribution is -0.136. The maximum Gasteiger partial charge on any atom is 0.307 e. The third-order valence-corrected chi connectivity index (χ3v) is 4.20. The van der Waals surface area contributed by atoms with Crippen LogP contribution in [0.1, 0.15) is 18.9 Å². The Morgan fingerprint density at radius 1 is 1.19 bits per heavy atom. The molecule has 0 fully saturated rings. The molecule has 0 saturated carbocycles. The molecule has 0 aromatic heterocycles. The van der Waals surface area contributed by atoms with E-state index in [2.05, 4.69) is 5.32 Å². The molecule has 140 valence electrons. The quantitative estimate of drug-likeness (QED) is 0.817. The van der Waals surface area contributed by atoms with Crippen molar-refractivity contribution in [2.24, 2.45) is 0 Å². The van der Waals surface area contributed by atoms with Crippen molar-refractivity contribution in [2.75, 3.05) is 16.8 Å². The van der Waals surface area contributed by atoms with Gasteiger partial charge in [0.1, 0.15) is 5.75 Å². The molecule has 1 unspecified atom stereocenters. The van der Waals surface area contributed by atoms with E-state index in [1.54, 1.807) is 48.2 Å². The zero-order chi connectivity index (χ0) is 19.4. The number of carboxylic acids is 1. The molecular weight excluding hydrogens is 348 g/mol. The molecule has 0 aliphatic carbocycles. The highest BCUT2D eigenvalue weighted by Crippen LogP contribution is 2.33. The summed E-state index contributed by atoms with van der Waals surface area (Å²) >= 11 is 0. The number of aliphatic carboxylic acids is 1. The number of amides is 2. The molecule has 27 heavy (non-hydrogen) atoms. The highest BCUT2D eigenvalue weighted by atomic mass is 16.5. The number of ether oxygens (including phenoxy) is 1. The van der Waals surface area contributed by atoms with Crippen LogP contribution in [0, 0.1) is 0 Å². The molecule has 2 N–H and O–H groups in total. The minimum atomic E-state index is -0.933. The minimum absolute atomic E-state index is 0.107. The first-order valence-electron chi connectivity index (χ1n) is 8.61. The predicted octanol–water partition coefficient (Wildman–Crippen LogP) is 2.46. The summed E-state index contributed by atoms with van der Waals surface area (Å²) < 4.78 is 5.58. The Morgan fingerprint density at radius 3 is 2.74 bits per heavy atom. The molecule has 3 rings (SSSR count). The van der Waals surface area contributed by atoms with Crippen molar-refractivity contribution in [1.29, 1.82) is 0 Å². The van der Waals surface area contributed by atoms with Crippen molar-refractivity contribution >= 4 is 29.2 Å². The molecule has 7 nitrogen and oxygen atoms in total. The maximum absolute atomic E-state index is 12.4. The molecule has 0 spiro atoms. The Labute approximate surface area is 156 Å². The summed E-state index contributed by atoms with van der Waals surface area (Å²) in [4.78, 5) is 37.1.